The third-order valence-electron chi connectivity index (χ3n) is 1.29. The van der Waals surface area contributed by atoms with Crippen LogP contribution in [0.3, 0.4) is 0 Å². The maximum absolute atomic E-state index is 10.6. The Bertz CT molecular complexity index is 298. The van der Waals surface area contributed by atoms with E-state index in [2.05, 4.69) is 10.1 Å². The van der Waals surface area contributed by atoms with Crippen molar-refractivity contribution in [1.82, 2.24) is 10.1 Å². The smallest absolute Gasteiger partial charge is 0.290 e. The predicted molar refractivity (Wildman–Crippen MR) is 41.5 cm³/mol. The first-order valence-corrected chi connectivity index (χ1v) is 3.55. The summed E-state index contributed by atoms with van der Waals surface area (Å²) in [5, 5.41) is 3.42. The van der Waals surface area contributed by atoms with Gasteiger partial charge in [0.2, 0.25) is 5.89 Å². The molecule has 1 aromatic rings. The number of rotatable bonds is 1. The summed E-state index contributed by atoms with van der Waals surface area (Å²) in [6.45, 7) is 5.72. The number of amides is 1. The lowest BCUT2D eigenvalue weighted by atomic mass is 9.97. The number of carbonyl (C=O) groups is 1. The largest absolute Gasteiger partial charge is 0.363 e. The predicted octanol–water partition coefficient (Wildman–Crippen LogP) is 0.466. The van der Waals surface area contributed by atoms with Gasteiger partial charge in [-0.2, -0.15) is 4.98 Å². The Morgan fingerprint density at radius 2 is 2.08 bits per heavy atom. The minimum Gasteiger partial charge on any atom is -0.363 e. The zero-order valence-corrected chi connectivity index (χ0v) is 7.29. The van der Waals surface area contributed by atoms with E-state index in [0.717, 1.165) is 0 Å². The Balaban J connectivity index is 3.00. The van der Waals surface area contributed by atoms with Gasteiger partial charge in [-0.1, -0.05) is 25.9 Å². The fraction of sp³-hybridized carbons (Fsp3) is 0.571. The molecule has 0 radical (unpaired) electrons. The average Bonchev–Trinajstić information content (AvgIpc) is 2.30. The molecule has 2 N–H and O–H groups in total. The Kier molecular flexibility index (Phi) is 1.87. The monoisotopic (exact) mass is 169 g/mol. The van der Waals surface area contributed by atoms with Crippen molar-refractivity contribution in [2.75, 3.05) is 0 Å². The lowest BCUT2D eigenvalue weighted by Crippen LogP contribution is -2.15. The van der Waals surface area contributed by atoms with Gasteiger partial charge in [0.25, 0.3) is 11.7 Å². The zero-order valence-electron chi connectivity index (χ0n) is 7.29. The van der Waals surface area contributed by atoms with E-state index in [1.165, 1.54) is 0 Å². The van der Waals surface area contributed by atoms with E-state index in [1.54, 1.807) is 0 Å². The summed E-state index contributed by atoms with van der Waals surface area (Å²) in [4.78, 5) is 14.4. The molecule has 5 heteroatoms. The fourth-order valence-electron chi connectivity index (χ4n) is 0.628. The first kappa shape index (κ1) is 8.70. The molecule has 0 aliphatic carbocycles. The SMILES string of the molecule is CC(C)(C)c1nc(C(N)=O)no1. The number of hydrogen-bond donors (Lipinski definition) is 1. The Hall–Kier alpha value is -1.39. The normalized spacial score (nSPS) is 11.6. The van der Waals surface area contributed by atoms with Crippen molar-refractivity contribution in [3.63, 3.8) is 0 Å². The number of hydrogen-bond acceptors (Lipinski definition) is 4. The first-order chi connectivity index (χ1) is 5.41. The van der Waals surface area contributed by atoms with Crippen LogP contribution in [0.4, 0.5) is 0 Å². The summed E-state index contributed by atoms with van der Waals surface area (Å²) in [6, 6.07) is 0. The van der Waals surface area contributed by atoms with Crippen LogP contribution in [0, 0.1) is 0 Å². The molecule has 0 saturated carbocycles. The van der Waals surface area contributed by atoms with E-state index in [9.17, 15) is 4.79 Å². The van der Waals surface area contributed by atoms with Crippen molar-refractivity contribution in [1.29, 1.82) is 0 Å². The Morgan fingerprint density at radius 1 is 1.50 bits per heavy atom. The molecule has 12 heavy (non-hydrogen) atoms. The van der Waals surface area contributed by atoms with E-state index < -0.39 is 5.91 Å². The van der Waals surface area contributed by atoms with Gasteiger partial charge in [0.1, 0.15) is 0 Å². The van der Waals surface area contributed by atoms with E-state index in [1.807, 2.05) is 20.8 Å². The van der Waals surface area contributed by atoms with Gasteiger partial charge in [-0.15, -0.1) is 0 Å². The van der Waals surface area contributed by atoms with E-state index in [-0.39, 0.29) is 11.2 Å². The van der Waals surface area contributed by atoms with E-state index in [4.69, 9.17) is 10.3 Å². The highest BCUT2D eigenvalue weighted by Gasteiger charge is 2.22. The van der Waals surface area contributed by atoms with Gasteiger partial charge < -0.3 is 10.3 Å². The van der Waals surface area contributed by atoms with Crippen LogP contribution in [0.1, 0.15) is 37.3 Å². The van der Waals surface area contributed by atoms with Crippen molar-refractivity contribution >= 4 is 5.91 Å². The van der Waals surface area contributed by atoms with Crippen molar-refractivity contribution in [2.45, 2.75) is 26.2 Å². The van der Waals surface area contributed by atoms with Crippen molar-refractivity contribution in [3.8, 4) is 0 Å². The van der Waals surface area contributed by atoms with Gasteiger partial charge in [-0.3, -0.25) is 4.79 Å². The van der Waals surface area contributed by atoms with Gasteiger partial charge in [0.05, 0.1) is 0 Å². The molecular formula is C7H11N3O2. The molecular weight excluding hydrogens is 158 g/mol. The van der Waals surface area contributed by atoms with Crippen LogP contribution in [0.15, 0.2) is 4.52 Å². The molecule has 1 heterocycles. The van der Waals surface area contributed by atoms with Gasteiger partial charge in [0.15, 0.2) is 0 Å². The molecule has 5 nitrogen and oxygen atoms in total. The second-order valence-corrected chi connectivity index (χ2v) is 3.54. The molecule has 0 saturated heterocycles. The van der Waals surface area contributed by atoms with Crippen LogP contribution in [-0.2, 0) is 5.41 Å². The fourth-order valence-corrected chi connectivity index (χ4v) is 0.628. The number of nitrogens with two attached hydrogens (primary N) is 1. The number of carbonyl (C=O) groups excluding carboxylic acids is 1. The molecule has 0 aliphatic rings. The number of aromatic nitrogens is 2. The van der Waals surface area contributed by atoms with Crippen LogP contribution in [0.25, 0.3) is 0 Å². The Labute approximate surface area is 69.9 Å². The standard InChI is InChI=1S/C7H11N3O2/c1-7(2,3)6-9-5(4(8)11)10-12-6/h1-3H3,(H2,8,11). The maximum atomic E-state index is 10.6. The lowest BCUT2D eigenvalue weighted by molar-refractivity contribution is 0.0987. The molecule has 0 aromatic carbocycles. The van der Waals surface area contributed by atoms with E-state index >= 15 is 0 Å². The molecule has 1 rings (SSSR count). The van der Waals surface area contributed by atoms with Crippen LogP contribution < -0.4 is 5.73 Å². The molecule has 0 atom stereocenters. The second kappa shape index (κ2) is 2.58. The third-order valence-corrected chi connectivity index (χ3v) is 1.29. The van der Waals surface area contributed by atoms with Gasteiger partial charge in [-0.25, -0.2) is 0 Å². The van der Waals surface area contributed by atoms with Gasteiger partial charge >= 0.3 is 0 Å². The van der Waals surface area contributed by atoms with Gasteiger partial charge in [0, 0.05) is 5.41 Å². The lowest BCUT2D eigenvalue weighted by Gasteiger charge is -2.10. The number of primary amides is 1. The summed E-state index contributed by atoms with van der Waals surface area (Å²) in [5.74, 6) is -0.328. The highest BCUT2D eigenvalue weighted by atomic mass is 16.5. The van der Waals surface area contributed by atoms with E-state index in [0.29, 0.717) is 5.89 Å². The van der Waals surface area contributed by atoms with Crippen LogP contribution in [-0.4, -0.2) is 16.0 Å². The minimum atomic E-state index is -0.672. The molecule has 0 bridgehead atoms. The molecule has 0 spiro atoms. The molecule has 0 fully saturated rings. The summed E-state index contributed by atoms with van der Waals surface area (Å²) in [6.07, 6.45) is 0. The Morgan fingerprint density at radius 3 is 2.33 bits per heavy atom. The number of nitrogens with zero attached hydrogens (tertiary/aromatic N) is 2. The van der Waals surface area contributed by atoms with Crippen molar-refractivity contribution in [3.05, 3.63) is 11.7 Å². The molecule has 66 valence electrons. The first-order valence-electron chi connectivity index (χ1n) is 3.55. The molecule has 0 aliphatic heterocycles. The maximum Gasteiger partial charge on any atom is 0.290 e. The summed E-state index contributed by atoms with van der Waals surface area (Å²) < 4.78 is 4.83. The summed E-state index contributed by atoms with van der Waals surface area (Å²) >= 11 is 0. The molecule has 1 aromatic heterocycles. The third kappa shape index (κ3) is 1.61. The highest BCUT2D eigenvalue weighted by Crippen LogP contribution is 2.19. The average molecular weight is 169 g/mol. The quantitative estimate of drug-likeness (QED) is 0.662. The van der Waals surface area contributed by atoms with Crippen molar-refractivity contribution < 1.29 is 9.32 Å². The van der Waals surface area contributed by atoms with Crippen LogP contribution in [0.5, 0.6) is 0 Å². The molecule has 1 amide bonds. The summed E-state index contributed by atoms with van der Waals surface area (Å²) in [5.41, 5.74) is 4.70. The highest BCUT2D eigenvalue weighted by molar-refractivity contribution is 5.88. The summed E-state index contributed by atoms with van der Waals surface area (Å²) in [7, 11) is 0. The van der Waals surface area contributed by atoms with Crippen LogP contribution in [0.2, 0.25) is 0 Å². The molecule has 0 unspecified atom stereocenters. The zero-order chi connectivity index (χ0) is 9.35. The second-order valence-electron chi connectivity index (χ2n) is 3.54. The van der Waals surface area contributed by atoms with Gasteiger partial charge in [-0.05, 0) is 0 Å². The topological polar surface area (TPSA) is 82.0 Å². The minimum absolute atomic E-state index is 0.0695. The van der Waals surface area contributed by atoms with Crippen molar-refractivity contribution in [2.24, 2.45) is 5.73 Å². The van der Waals surface area contributed by atoms with Crippen LogP contribution >= 0.6 is 0 Å².